The van der Waals surface area contributed by atoms with Crippen molar-refractivity contribution >= 4 is 5.91 Å². The molecule has 0 aliphatic heterocycles. The molecule has 0 unspecified atom stereocenters. The Labute approximate surface area is 155 Å². The van der Waals surface area contributed by atoms with Gasteiger partial charge in [-0.15, -0.1) is 0 Å². The van der Waals surface area contributed by atoms with Gasteiger partial charge in [-0.1, -0.05) is 0 Å². The third-order valence-electron chi connectivity index (χ3n) is 6.75. The Kier molecular flexibility index (Phi) is 4.68. The maximum Gasteiger partial charge on any atom is 0.257 e. The number of aromatic nitrogens is 1. The summed E-state index contributed by atoms with van der Waals surface area (Å²) in [7, 11) is 1.68. The first-order valence-corrected chi connectivity index (χ1v) is 10.0. The lowest BCUT2D eigenvalue weighted by atomic mass is 9.53. The molecule has 1 amide bonds. The van der Waals surface area contributed by atoms with E-state index in [1.807, 2.05) is 11.5 Å². The molecule has 5 rings (SSSR count). The minimum absolute atomic E-state index is 0.0654. The number of carbonyl (C=O) groups is 1. The number of hydrogen-bond donors (Lipinski definition) is 1. The molecule has 0 spiro atoms. The van der Waals surface area contributed by atoms with Gasteiger partial charge in [0.2, 0.25) is 0 Å². The second kappa shape index (κ2) is 6.84. The second-order valence-electron chi connectivity index (χ2n) is 8.88. The summed E-state index contributed by atoms with van der Waals surface area (Å²) in [5.74, 6) is 2.12. The molecule has 4 bridgehead atoms. The maximum absolute atomic E-state index is 13.0. The predicted molar refractivity (Wildman–Crippen MR) is 100 cm³/mol. The summed E-state index contributed by atoms with van der Waals surface area (Å²) in [6, 6.07) is 1.58. The molecule has 1 heterocycles. The van der Waals surface area contributed by atoms with E-state index in [0.717, 1.165) is 55.7 Å². The van der Waals surface area contributed by atoms with Gasteiger partial charge in [-0.3, -0.25) is 9.59 Å². The number of amides is 1. The summed E-state index contributed by atoms with van der Waals surface area (Å²) in [5.41, 5.74) is 0.929. The number of carbonyl (C=O) groups excluding carboxylic acids is 1. The SMILES string of the molecule is COCCCn1cc(C(=O)NC23CC4CC(CC(C4)C2)C3)c(=O)cc1C. The van der Waals surface area contributed by atoms with Crippen LogP contribution in [0.4, 0.5) is 0 Å². The van der Waals surface area contributed by atoms with Crippen LogP contribution in [0.15, 0.2) is 17.1 Å². The number of ether oxygens (including phenoxy) is 1. The standard InChI is InChI=1S/C21H30N2O3/c1-14-6-19(24)18(13-23(14)4-3-5-26-2)20(25)22-21-10-15-7-16(11-21)9-17(8-15)12-21/h6,13,15-17H,3-5,7-12H2,1-2H3,(H,22,25). The molecule has 1 aromatic rings. The van der Waals surface area contributed by atoms with E-state index in [1.54, 1.807) is 19.4 Å². The van der Waals surface area contributed by atoms with Gasteiger partial charge in [0, 0.05) is 43.8 Å². The molecular formula is C21H30N2O3. The number of methoxy groups -OCH3 is 1. The molecule has 0 atom stereocenters. The molecule has 5 heteroatoms. The van der Waals surface area contributed by atoms with E-state index in [1.165, 1.54) is 19.3 Å². The van der Waals surface area contributed by atoms with E-state index >= 15 is 0 Å². The van der Waals surface area contributed by atoms with Crippen molar-refractivity contribution in [1.82, 2.24) is 9.88 Å². The first-order chi connectivity index (χ1) is 12.5. The third kappa shape index (κ3) is 3.34. The largest absolute Gasteiger partial charge is 0.385 e. The molecule has 1 aromatic heterocycles. The lowest BCUT2D eigenvalue weighted by molar-refractivity contribution is -0.0167. The fraction of sp³-hybridized carbons (Fsp3) is 0.714. The van der Waals surface area contributed by atoms with Crippen LogP contribution in [0.5, 0.6) is 0 Å². The monoisotopic (exact) mass is 358 g/mol. The number of pyridine rings is 1. The van der Waals surface area contributed by atoms with Crippen molar-refractivity contribution in [2.24, 2.45) is 17.8 Å². The van der Waals surface area contributed by atoms with Crippen LogP contribution in [-0.4, -0.2) is 29.7 Å². The van der Waals surface area contributed by atoms with Gasteiger partial charge in [-0.05, 0) is 69.6 Å². The van der Waals surface area contributed by atoms with Crippen molar-refractivity contribution in [1.29, 1.82) is 0 Å². The molecule has 142 valence electrons. The Morgan fingerprint density at radius 3 is 2.42 bits per heavy atom. The average molecular weight is 358 g/mol. The fourth-order valence-electron chi connectivity index (χ4n) is 6.03. The van der Waals surface area contributed by atoms with Crippen molar-refractivity contribution < 1.29 is 9.53 Å². The highest BCUT2D eigenvalue weighted by Crippen LogP contribution is 2.55. The molecule has 4 saturated carbocycles. The van der Waals surface area contributed by atoms with Gasteiger partial charge < -0.3 is 14.6 Å². The normalized spacial score (nSPS) is 32.0. The highest BCUT2D eigenvalue weighted by molar-refractivity contribution is 5.94. The van der Waals surface area contributed by atoms with Crippen molar-refractivity contribution in [3.8, 4) is 0 Å². The van der Waals surface area contributed by atoms with Crippen LogP contribution >= 0.6 is 0 Å². The predicted octanol–water partition coefficient (Wildman–Crippen LogP) is 2.89. The van der Waals surface area contributed by atoms with Gasteiger partial charge in [0.15, 0.2) is 5.43 Å². The second-order valence-corrected chi connectivity index (χ2v) is 8.88. The van der Waals surface area contributed by atoms with Crippen LogP contribution in [0.25, 0.3) is 0 Å². The van der Waals surface area contributed by atoms with Crippen molar-refractivity contribution in [3.63, 3.8) is 0 Å². The highest BCUT2D eigenvalue weighted by Gasteiger charge is 2.51. The van der Waals surface area contributed by atoms with Gasteiger partial charge in [0.05, 0.1) is 0 Å². The summed E-state index contributed by atoms with van der Waals surface area (Å²) in [4.78, 5) is 25.4. The lowest BCUT2D eigenvalue weighted by Gasteiger charge is -2.56. The summed E-state index contributed by atoms with van der Waals surface area (Å²) in [6.07, 6.45) is 9.90. The Bertz CT molecular complexity index is 717. The topological polar surface area (TPSA) is 60.3 Å². The molecule has 4 aliphatic rings. The first kappa shape index (κ1) is 17.8. The number of aryl methyl sites for hydroxylation is 2. The molecule has 0 aromatic carbocycles. The molecule has 0 radical (unpaired) electrons. The van der Waals surface area contributed by atoms with Gasteiger partial charge in [-0.25, -0.2) is 0 Å². The molecule has 26 heavy (non-hydrogen) atoms. The van der Waals surface area contributed by atoms with E-state index in [-0.39, 0.29) is 22.4 Å². The van der Waals surface area contributed by atoms with Gasteiger partial charge in [-0.2, -0.15) is 0 Å². The summed E-state index contributed by atoms with van der Waals surface area (Å²) >= 11 is 0. The maximum atomic E-state index is 13.0. The van der Waals surface area contributed by atoms with E-state index in [0.29, 0.717) is 6.61 Å². The van der Waals surface area contributed by atoms with E-state index < -0.39 is 0 Å². The third-order valence-corrected chi connectivity index (χ3v) is 6.75. The van der Waals surface area contributed by atoms with Crippen LogP contribution in [0.2, 0.25) is 0 Å². The average Bonchev–Trinajstić information content (AvgIpc) is 2.55. The zero-order valence-corrected chi connectivity index (χ0v) is 15.9. The molecule has 5 nitrogen and oxygen atoms in total. The lowest BCUT2D eigenvalue weighted by Crippen LogP contribution is -2.60. The molecule has 4 aliphatic carbocycles. The van der Waals surface area contributed by atoms with E-state index in [4.69, 9.17) is 4.74 Å². The number of hydrogen-bond acceptors (Lipinski definition) is 3. The summed E-state index contributed by atoms with van der Waals surface area (Å²) < 4.78 is 7.10. The van der Waals surface area contributed by atoms with Crippen LogP contribution in [0.1, 0.15) is 61.0 Å². The van der Waals surface area contributed by atoms with E-state index in [2.05, 4.69) is 5.32 Å². The fourth-order valence-corrected chi connectivity index (χ4v) is 6.03. The molecule has 0 saturated heterocycles. The van der Waals surface area contributed by atoms with Crippen LogP contribution in [0.3, 0.4) is 0 Å². The number of nitrogens with one attached hydrogen (secondary N) is 1. The number of nitrogens with zero attached hydrogens (tertiary/aromatic N) is 1. The Balaban J connectivity index is 1.53. The minimum Gasteiger partial charge on any atom is -0.385 e. The smallest absolute Gasteiger partial charge is 0.257 e. The minimum atomic E-state index is -0.183. The summed E-state index contributed by atoms with van der Waals surface area (Å²) in [6.45, 7) is 3.33. The zero-order chi connectivity index (χ0) is 18.3. The molecular weight excluding hydrogens is 328 g/mol. The Hall–Kier alpha value is -1.62. The quantitative estimate of drug-likeness (QED) is 0.796. The summed E-state index contributed by atoms with van der Waals surface area (Å²) in [5, 5.41) is 3.32. The van der Waals surface area contributed by atoms with Crippen LogP contribution in [0, 0.1) is 24.7 Å². The van der Waals surface area contributed by atoms with Gasteiger partial charge >= 0.3 is 0 Å². The van der Waals surface area contributed by atoms with Gasteiger partial charge in [0.25, 0.3) is 5.91 Å². The Morgan fingerprint density at radius 2 is 1.85 bits per heavy atom. The van der Waals surface area contributed by atoms with Crippen LogP contribution < -0.4 is 10.7 Å². The van der Waals surface area contributed by atoms with E-state index in [9.17, 15) is 9.59 Å². The Morgan fingerprint density at radius 1 is 1.23 bits per heavy atom. The zero-order valence-electron chi connectivity index (χ0n) is 15.9. The van der Waals surface area contributed by atoms with Crippen molar-refractivity contribution in [2.75, 3.05) is 13.7 Å². The number of rotatable bonds is 6. The highest BCUT2D eigenvalue weighted by atomic mass is 16.5. The molecule has 4 fully saturated rings. The molecule has 1 N–H and O–H groups in total. The van der Waals surface area contributed by atoms with Gasteiger partial charge in [0.1, 0.15) is 5.56 Å². The van der Waals surface area contributed by atoms with Crippen molar-refractivity contribution in [2.45, 2.75) is 64.0 Å². The van der Waals surface area contributed by atoms with Crippen molar-refractivity contribution in [3.05, 3.63) is 33.7 Å². The first-order valence-electron chi connectivity index (χ1n) is 10.0. The van der Waals surface area contributed by atoms with Crippen LogP contribution in [-0.2, 0) is 11.3 Å².